The van der Waals surface area contributed by atoms with Crippen LogP contribution < -0.4 is 14.2 Å². The van der Waals surface area contributed by atoms with Gasteiger partial charge in [0, 0.05) is 11.1 Å². The third-order valence-electron chi connectivity index (χ3n) is 8.37. The zero-order valence-electron chi connectivity index (χ0n) is 24.4. The molecule has 0 aliphatic carbocycles. The molecule has 7 rings (SSSR count). The first-order chi connectivity index (χ1) is 22.2. The number of rotatable bonds is 3. The Morgan fingerprint density at radius 2 is 1.00 bits per heavy atom. The summed E-state index contributed by atoms with van der Waals surface area (Å²) in [5.41, 5.74) is 0.810. The first-order valence-electron chi connectivity index (χ1n) is 14.5. The van der Waals surface area contributed by atoms with Crippen LogP contribution in [0.4, 0.5) is 13.2 Å². The van der Waals surface area contributed by atoms with Crippen LogP contribution in [0, 0.1) is 0 Å². The fourth-order valence-corrected chi connectivity index (χ4v) is 6.15. The molecule has 0 radical (unpaired) electrons. The molecule has 5 nitrogen and oxygen atoms in total. The van der Waals surface area contributed by atoms with Gasteiger partial charge in [0.15, 0.2) is 0 Å². The predicted octanol–water partition coefficient (Wildman–Crippen LogP) is 9.08. The van der Waals surface area contributed by atoms with Crippen LogP contribution in [0.2, 0.25) is 0 Å². The number of ether oxygens (including phenoxy) is 3. The molecule has 0 N–H and O–H groups in total. The van der Waals surface area contributed by atoms with E-state index in [4.69, 9.17) is 14.2 Å². The number of hydrogen-bond acceptors (Lipinski definition) is 5. The minimum Gasteiger partial charge on any atom is -0.497 e. The van der Waals surface area contributed by atoms with E-state index >= 15 is 0 Å². The van der Waals surface area contributed by atoms with Crippen molar-refractivity contribution in [2.45, 2.75) is 18.0 Å². The SMILES string of the molecule is COc1ccc([C@@H]2C(=O)Oc3ccc4ccccc4c3-c3c(ccc4ccccc34)OC(=O)[C@H]2c2ccc(C(F)(F)F)cc2)cc1. The molecule has 228 valence electrons. The van der Waals surface area contributed by atoms with Crippen molar-refractivity contribution < 1.29 is 37.0 Å². The van der Waals surface area contributed by atoms with Gasteiger partial charge in [-0.15, -0.1) is 0 Å². The maximum Gasteiger partial charge on any atom is 0.416 e. The van der Waals surface area contributed by atoms with E-state index in [9.17, 15) is 22.8 Å². The van der Waals surface area contributed by atoms with E-state index in [-0.39, 0.29) is 17.1 Å². The number of alkyl halides is 3. The van der Waals surface area contributed by atoms with Gasteiger partial charge in [-0.05, 0) is 69.1 Å². The van der Waals surface area contributed by atoms with Gasteiger partial charge in [0.1, 0.15) is 17.2 Å². The highest BCUT2D eigenvalue weighted by Gasteiger charge is 2.41. The van der Waals surface area contributed by atoms with E-state index in [0.29, 0.717) is 22.4 Å². The van der Waals surface area contributed by atoms with Gasteiger partial charge in [0.05, 0.1) is 24.5 Å². The average molecular weight is 619 g/mol. The van der Waals surface area contributed by atoms with Crippen LogP contribution in [0.25, 0.3) is 32.7 Å². The monoisotopic (exact) mass is 618 g/mol. The maximum absolute atomic E-state index is 14.4. The highest BCUT2D eigenvalue weighted by Crippen LogP contribution is 2.48. The molecule has 1 aliphatic heterocycles. The van der Waals surface area contributed by atoms with Crippen molar-refractivity contribution in [2.75, 3.05) is 7.11 Å². The second-order valence-electron chi connectivity index (χ2n) is 11.0. The Kier molecular flexibility index (Phi) is 7.20. The van der Waals surface area contributed by atoms with E-state index in [1.807, 2.05) is 60.7 Å². The lowest BCUT2D eigenvalue weighted by Crippen LogP contribution is -2.33. The van der Waals surface area contributed by atoms with Gasteiger partial charge in [-0.3, -0.25) is 9.59 Å². The third-order valence-corrected chi connectivity index (χ3v) is 8.37. The fraction of sp³-hybridized carbons (Fsp3) is 0.105. The number of hydrogen-bond donors (Lipinski definition) is 0. The Hall–Kier alpha value is -5.63. The summed E-state index contributed by atoms with van der Waals surface area (Å²) in [7, 11) is 1.50. The van der Waals surface area contributed by atoms with Crippen LogP contribution in [0.5, 0.6) is 17.2 Å². The normalized spacial score (nSPS) is 16.7. The second-order valence-corrected chi connectivity index (χ2v) is 11.0. The molecule has 6 aromatic rings. The van der Waals surface area contributed by atoms with Gasteiger partial charge in [-0.2, -0.15) is 13.2 Å². The van der Waals surface area contributed by atoms with Crippen molar-refractivity contribution in [1.82, 2.24) is 0 Å². The van der Waals surface area contributed by atoms with Crippen LogP contribution in [0.3, 0.4) is 0 Å². The molecule has 0 bridgehead atoms. The molecule has 1 heterocycles. The minimum absolute atomic E-state index is 0.164. The second kappa shape index (κ2) is 11.4. The summed E-state index contributed by atoms with van der Waals surface area (Å²) in [6.07, 6.45) is -4.59. The quantitative estimate of drug-likeness (QED) is 0.146. The van der Waals surface area contributed by atoms with Crippen molar-refractivity contribution in [3.05, 3.63) is 138 Å². The molecule has 2 atom stereocenters. The number of fused-ring (bicyclic) bond motifs is 7. The standard InChI is InChI=1S/C38H25F3O5/c1-44-27-18-12-25(13-19-27)33-32(24-10-16-26(17-11-24)38(39,40)41)36(42)45-30-20-14-22-6-2-4-8-28(22)34(30)35-29-9-5-3-7-23(29)15-21-31(35)46-37(33)43/h2-21,32-33H,1H3/t32-,33-/m0/s1. The summed E-state index contributed by atoms with van der Waals surface area (Å²) in [5, 5.41) is 3.30. The largest absolute Gasteiger partial charge is 0.497 e. The van der Waals surface area contributed by atoms with Crippen LogP contribution in [-0.4, -0.2) is 19.0 Å². The molecule has 0 fully saturated rings. The molecule has 46 heavy (non-hydrogen) atoms. The van der Waals surface area contributed by atoms with E-state index in [1.165, 1.54) is 19.2 Å². The van der Waals surface area contributed by atoms with Crippen LogP contribution >= 0.6 is 0 Å². The summed E-state index contributed by atoms with van der Waals surface area (Å²) in [6, 6.07) is 33.0. The number of methoxy groups -OCH3 is 1. The number of halogens is 3. The van der Waals surface area contributed by atoms with Crippen molar-refractivity contribution in [1.29, 1.82) is 0 Å². The van der Waals surface area contributed by atoms with Gasteiger partial charge in [-0.25, -0.2) is 0 Å². The molecule has 0 saturated carbocycles. The Morgan fingerprint density at radius 3 is 1.43 bits per heavy atom. The smallest absolute Gasteiger partial charge is 0.416 e. The van der Waals surface area contributed by atoms with Crippen molar-refractivity contribution in [3.63, 3.8) is 0 Å². The lowest BCUT2D eigenvalue weighted by Gasteiger charge is -2.28. The van der Waals surface area contributed by atoms with E-state index in [0.717, 1.165) is 33.7 Å². The predicted molar refractivity (Wildman–Crippen MR) is 168 cm³/mol. The Morgan fingerprint density at radius 1 is 0.565 bits per heavy atom. The Labute approximate surface area is 261 Å². The number of benzene rings is 6. The topological polar surface area (TPSA) is 61.8 Å². The van der Waals surface area contributed by atoms with Crippen LogP contribution in [0.1, 0.15) is 28.5 Å². The Balaban J connectivity index is 1.50. The molecule has 0 unspecified atom stereocenters. The summed E-state index contributed by atoms with van der Waals surface area (Å²) >= 11 is 0. The highest BCUT2D eigenvalue weighted by molar-refractivity contribution is 6.11. The molecule has 0 aromatic heterocycles. The molecule has 0 spiro atoms. The molecule has 0 saturated heterocycles. The lowest BCUT2D eigenvalue weighted by molar-refractivity contribution is -0.144. The molecule has 1 aliphatic rings. The zero-order chi connectivity index (χ0) is 32.0. The number of carbonyl (C=O) groups is 2. The average Bonchev–Trinajstić information content (AvgIpc) is 3.06. The molecule has 0 amide bonds. The minimum atomic E-state index is -4.59. The van der Waals surface area contributed by atoms with Crippen molar-refractivity contribution in [3.8, 4) is 28.4 Å². The fourth-order valence-electron chi connectivity index (χ4n) is 6.15. The number of esters is 2. The van der Waals surface area contributed by atoms with Gasteiger partial charge in [0.2, 0.25) is 0 Å². The molecular weight excluding hydrogens is 593 g/mol. The van der Waals surface area contributed by atoms with Gasteiger partial charge in [0.25, 0.3) is 0 Å². The molecule has 8 heteroatoms. The molecule has 6 aromatic carbocycles. The van der Waals surface area contributed by atoms with E-state index in [2.05, 4.69) is 0 Å². The summed E-state index contributed by atoms with van der Waals surface area (Å²) in [4.78, 5) is 28.7. The summed E-state index contributed by atoms with van der Waals surface area (Å²) < 4.78 is 58.2. The van der Waals surface area contributed by atoms with E-state index < -0.39 is 35.5 Å². The lowest BCUT2D eigenvalue weighted by atomic mass is 9.80. The van der Waals surface area contributed by atoms with Crippen LogP contribution in [-0.2, 0) is 15.8 Å². The van der Waals surface area contributed by atoms with Gasteiger partial charge >= 0.3 is 18.1 Å². The summed E-state index contributed by atoms with van der Waals surface area (Å²) in [5.74, 6) is -3.23. The van der Waals surface area contributed by atoms with Crippen LogP contribution in [0.15, 0.2) is 121 Å². The first-order valence-corrected chi connectivity index (χ1v) is 14.5. The summed E-state index contributed by atoms with van der Waals surface area (Å²) in [6.45, 7) is 0. The van der Waals surface area contributed by atoms with Crippen molar-refractivity contribution >= 4 is 33.5 Å². The molecular formula is C38H25F3O5. The highest BCUT2D eigenvalue weighted by atomic mass is 19.4. The maximum atomic E-state index is 14.4. The van der Waals surface area contributed by atoms with E-state index in [1.54, 1.807) is 36.4 Å². The van der Waals surface area contributed by atoms with Gasteiger partial charge < -0.3 is 14.2 Å². The first kappa shape index (κ1) is 29.1. The van der Waals surface area contributed by atoms with Crippen molar-refractivity contribution in [2.24, 2.45) is 0 Å². The Bertz CT molecular complexity index is 2120. The van der Waals surface area contributed by atoms with Gasteiger partial charge in [-0.1, -0.05) is 84.9 Å². The zero-order valence-corrected chi connectivity index (χ0v) is 24.4. The number of carbonyl (C=O) groups excluding carboxylic acids is 2. The third kappa shape index (κ3) is 5.11.